The lowest BCUT2D eigenvalue weighted by Gasteiger charge is -2.26. The van der Waals surface area contributed by atoms with Crippen LogP contribution in [0.15, 0.2) is 6.33 Å². The topological polar surface area (TPSA) is 83.2 Å². The van der Waals surface area contributed by atoms with E-state index in [-0.39, 0.29) is 19.3 Å². The first-order valence-electron chi connectivity index (χ1n) is 5.37. The van der Waals surface area contributed by atoms with Gasteiger partial charge in [0.2, 0.25) is 0 Å². The summed E-state index contributed by atoms with van der Waals surface area (Å²) < 4.78 is 1.81. The Morgan fingerprint density at radius 2 is 2.06 bits per heavy atom. The minimum atomic E-state index is -0.687. The number of aliphatic hydroxyl groups excluding tert-OH is 2. The standard InChI is InChI=1S/C10H20N4O2/c1-8(2)14-9(11-7-13-14)4-12-10(3,5-15)6-16/h7-8,12,15-16H,4-6H2,1-3H3. The van der Waals surface area contributed by atoms with Crippen molar-refractivity contribution >= 4 is 0 Å². The molecule has 0 saturated carbocycles. The number of nitrogens with one attached hydrogen (secondary N) is 1. The number of nitrogens with zero attached hydrogens (tertiary/aromatic N) is 3. The van der Waals surface area contributed by atoms with E-state index in [1.165, 1.54) is 6.33 Å². The largest absolute Gasteiger partial charge is 0.394 e. The predicted octanol–water partition coefficient (Wildman–Crippen LogP) is -0.308. The molecule has 0 aromatic carbocycles. The summed E-state index contributed by atoms with van der Waals surface area (Å²) in [7, 11) is 0. The van der Waals surface area contributed by atoms with Gasteiger partial charge in [0.1, 0.15) is 12.2 Å². The molecule has 0 aliphatic heterocycles. The van der Waals surface area contributed by atoms with Gasteiger partial charge in [0.05, 0.1) is 25.3 Å². The molecule has 0 fully saturated rings. The van der Waals surface area contributed by atoms with Crippen molar-refractivity contribution in [3.8, 4) is 0 Å². The van der Waals surface area contributed by atoms with E-state index in [0.717, 1.165) is 5.82 Å². The van der Waals surface area contributed by atoms with Crippen molar-refractivity contribution in [2.45, 2.75) is 38.9 Å². The highest BCUT2D eigenvalue weighted by molar-refractivity contribution is 4.90. The van der Waals surface area contributed by atoms with E-state index >= 15 is 0 Å². The summed E-state index contributed by atoms with van der Waals surface area (Å²) in [6.07, 6.45) is 1.51. The van der Waals surface area contributed by atoms with Crippen molar-refractivity contribution in [2.75, 3.05) is 13.2 Å². The molecule has 0 aliphatic rings. The third-order valence-corrected chi connectivity index (χ3v) is 2.51. The fraction of sp³-hybridized carbons (Fsp3) is 0.800. The van der Waals surface area contributed by atoms with E-state index in [2.05, 4.69) is 15.4 Å². The molecule has 1 heterocycles. The number of rotatable bonds is 6. The Morgan fingerprint density at radius 1 is 1.44 bits per heavy atom. The van der Waals surface area contributed by atoms with Crippen molar-refractivity contribution in [3.63, 3.8) is 0 Å². The van der Waals surface area contributed by atoms with Crippen LogP contribution in [0.4, 0.5) is 0 Å². The van der Waals surface area contributed by atoms with Crippen molar-refractivity contribution in [3.05, 3.63) is 12.2 Å². The van der Waals surface area contributed by atoms with Crippen LogP contribution in [0.5, 0.6) is 0 Å². The SMILES string of the molecule is CC(C)n1ncnc1CNC(C)(CO)CO. The van der Waals surface area contributed by atoms with Gasteiger partial charge >= 0.3 is 0 Å². The van der Waals surface area contributed by atoms with Gasteiger partial charge in [-0.15, -0.1) is 0 Å². The lowest BCUT2D eigenvalue weighted by Crippen LogP contribution is -2.48. The van der Waals surface area contributed by atoms with Gasteiger partial charge in [-0.3, -0.25) is 0 Å². The molecule has 3 N–H and O–H groups in total. The van der Waals surface area contributed by atoms with Gasteiger partial charge in [-0.05, 0) is 20.8 Å². The molecule has 0 radical (unpaired) electrons. The number of aliphatic hydroxyl groups is 2. The average Bonchev–Trinajstić information content (AvgIpc) is 2.74. The van der Waals surface area contributed by atoms with Crippen molar-refractivity contribution in [2.24, 2.45) is 0 Å². The molecule has 0 amide bonds. The zero-order valence-electron chi connectivity index (χ0n) is 10.0. The Bertz CT molecular complexity index is 320. The van der Waals surface area contributed by atoms with Crippen LogP contribution in [-0.2, 0) is 6.54 Å². The molecule has 6 heteroatoms. The van der Waals surface area contributed by atoms with Crippen LogP contribution in [0.3, 0.4) is 0 Å². The first-order valence-corrected chi connectivity index (χ1v) is 5.37. The Morgan fingerprint density at radius 3 is 2.56 bits per heavy atom. The molecule has 16 heavy (non-hydrogen) atoms. The van der Waals surface area contributed by atoms with Gasteiger partial charge in [0.15, 0.2) is 0 Å². The number of hydrogen-bond donors (Lipinski definition) is 3. The molecule has 1 aromatic rings. The number of aromatic nitrogens is 3. The van der Waals surface area contributed by atoms with Gasteiger partial charge in [-0.2, -0.15) is 5.10 Å². The second-order valence-electron chi connectivity index (χ2n) is 4.45. The lowest BCUT2D eigenvalue weighted by atomic mass is 10.1. The summed E-state index contributed by atoms with van der Waals surface area (Å²) in [4.78, 5) is 4.14. The van der Waals surface area contributed by atoms with E-state index in [4.69, 9.17) is 10.2 Å². The third kappa shape index (κ3) is 3.01. The van der Waals surface area contributed by atoms with Crippen LogP contribution in [-0.4, -0.2) is 43.7 Å². The highest BCUT2D eigenvalue weighted by atomic mass is 16.3. The van der Waals surface area contributed by atoms with Crippen molar-refractivity contribution in [1.29, 1.82) is 0 Å². The second kappa shape index (κ2) is 5.38. The van der Waals surface area contributed by atoms with Crippen LogP contribution in [0.1, 0.15) is 32.6 Å². The van der Waals surface area contributed by atoms with Gasteiger partial charge in [0.25, 0.3) is 0 Å². The molecule has 0 bridgehead atoms. The van der Waals surface area contributed by atoms with Crippen LogP contribution in [0.2, 0.25) is 0 Å². The monoisotopic (exact) mass is 228 g/mol. The van der Waals surface area contributed by atoms with E-state index in [0.29, 0.717) is 6.54 Å². The second-order valence-corrected chi connectivity index (χ2v) is 4.45. The summed E-state index contributed by atoms with van der Waals surface area (Å²) in [5, 5.41) is 25.4. The Hall–Kier alpha value is -0.980. The van der Waals surface area contributed by atoms with Gasteiger partial charge in [0, 0.05) is 6.04 Å². The molecule has 1 aromatic heterocycles. The average molecular weight is 228 g/mol. The molecule has 92 valence electrons. The summed E-state index contributed by atoms with van der Waals surface area (Å²) in [5.41, 5.74) is -0.687. The summed E-state index contributed by atoms with van der Waals surface area (Å²) in [6.45, 7) is 6.02. The smallest absolute Gasteiger partial charge is 0.141 e. The maximum Gasteiger partial charge on any atom is 0.141 e. The molecule has 0 aliphatic carbocycles. The molecule has 0 unspecified atom stereocenters. The predicted molar refractivity (Wildman–Crippen MR) is 59.8 cm³/mol. The minimum Gasteiger partial charge on any atom is -0.394 e. The quantitative estimate of drug-likeness (QED) is 0.622. The molecule has 1 rings (SSSR count). The summed E-state index contributed by atoms with van der Waals surface area (Å²) in [6, 6.07) is 0.244. The first-order chi connectivity index (χ1) is 7.52. The molecule has 0 atom stereocenters. The maximum absolute atomic E-state index is 9.13. The fourth-order valence-corrected chi connectivity index (χ4v) is 1.29. The highest BCUT2D eigenvalue weighted by Crippen LogP contribution is 2.07. The molecule has 6 nitrogen and oxygen atoms in total. The molecule has 0 saturated heterocycles. The van der Waals surface area contributed by atoms with Crippen molar-refractivity contribution < 1.29 is 10.2 Å². The fourth-order valence-electron chi connectivity index (χ4n) is 1.29. The van der Waals surface area contributed by atoms with Gasteiger partial charge in [-0.1, -0.05) is 0 Å². The van der Waals surface area contributed by atoms with Crippen LogP contribution in [0, 0.1) is 0 Å². The summed E-state index contributed by atoms with van der Waals surface area (Å²) in [5.74, 6) is 0.795. The van der Waals surface area contributed by atoms with Crippen LogP contribution in [0.25, 0.3) is 0 Å². The van der Waals surface area contributed by atoms with Crippen LogP contribution < -0.4 is 5.32 Å². The highest BCUT2D eigenvalue weighted by Gasteiger charge is 2.22. The zero-order valence-corrected chi connectivity index (χ0v) is 10.0. The Kier molecular flexibility index (Phi) is 4.40. The van der Waals surface area contributed by atoms with Crippen molar-refractivity contribution in [1.82, 2.24) is 20.1 Å². The van der Waals surface area contributed by atoms with E-state index in [1.807, 2.05) is 18.5 Å². The zero-order chi connectivity index (χ0) is 12.2. The molecular weight excluding hydrogens is 208 g/mol. The third-order valence-electron chi connectivity index (χ3n) is 2.51. The van der Waals surface area contributed by atoms with Gasteiger partial charge in [-0.25, -0.2) is 9.67 Å². The maximum atomic E-state index is 9.13. The molecule has 0 spiro atoms. The Balaban J connectivity index is 2.64. The first kappa shape index (κ1) is 13.1. The van der Waals surface area contributed by atoms with Crippen LogP contribution >= 0.6 is 0 Å². The summed E-state index contributed by atoms with van der Waals surface area (Å²) >= 11 is 0. The lowest BCUT2D eigenvalue weighted by molar-refractivity contribution is 0.102. The number of hydrogen-bond acceptors (Lipinski definition) is 5. The van der Waals surface area contributed by atoms with E-state index in [1.54, 1.807) is 6.92 Å². The van der Waals surface area contributed by atoms with E-state index < -0.39 is 5.54 Å². The minimum absolute atomic E-state index is 0.126. The van der Waals surface area contributed by atoms with Gasteiger partial charge < -0.3 is 15.5 Å². The normalized spacial score (nSPS) is 12.4. The Labute approximate surface area is 95.3 Å². The van der Waals surface area contributed by atoms with E-state index in [9.17, 15) is 0 Å². The molecular formula is C10H20N4O2.